The van der Waals surface area contributed by atoms with Crippen molar-refractivity contribution in [2.75, 3.05) is 13.2 Å². The molecule has 2 unspecified atom stereocenters. The first-order valence-corrected chi connectivity index (χ1v) is 17.4. The molecule has 0 radical (unpaired) electrons. The molecule has 4 fully saturated rings. The Balaban J connectivity index is 1.00. The van der Waals surface area contributed by atoms with Crippen LogP contribution in [0.1, 0.15) is 134 Å². The summed E-state index contributed by atoms with van der Waals surface area (Å²) in [6, 6.07) is 3.41. The van der Waals surface area contributed by atoms with Gasteiger partial charge in [-0.05, 0) is 169 Å². The Labute approximate surface area is 249 Å². The molecule has 1 heterocycles. The van der Waals surface area contributed by atoms with Gasteiger partial charge < -0.3 is 9.47 Å². The molecule has 230 valence electrons. The summed E-state index contributed by atoms with van der Waals surface area (Å²) in [4.78, 5) is 0. The van der Waals surface area contributed by atoms with Crippen molar-refractivity contribution in [3.05, 3.63) is 41.5 Å². The minimum absolute atomic E-state index is 0.0550. The summed E-state index contributed by atoms with van der Waals surface area (Å²) >= 11 is 0. The molecule has 1 aromatic rings. The Kier molecular flexibility index (Phi) is 11.6. The number of allylic oxidation sites excluding steroid dienone is 2. The normalized spacial score (nSPS) is 35.0. The van der Waals surface area contributed by atoms with E-state index in [0.29, 0.717) is 18.3 Å². The standard InChI is InChI=1S/C37H56F2O2/c1-3-5-6-7-33-21-20-32(25-41-33)30-14-12-28(13-15-30)26-8-10-27(11-9-26)29-16-18-31(19-17-29)34-22-23-35(40-24-4-2)37(39)36(34)38/h3,5,22-23,26-33H,4,6-21,24-25H2,1-2H3. The molecule has 0 spiro atoms. The topological polar surface area (TPSA) is 18.5 Å². The first-order chi connectivity index (χ1) is 20.1. The number of rotatable bonds is 10. The highest BCUT2D eigenvalue weighted by molar-refractivity contribution is 5.33. The summed E-state index contributed by atoms with van der Waals surface area (Å²) in [5, 5.41) is 0. The third kappa shape index (κ3) is 7.95. The van der Waals surface area contributed by atoms with Crippen LogP contribution in [0.15, 0.2) is 24.3 Å². The molecule has 1 aromatic carbocycles. The van der Waals surface area contributed by atoms with Gasteiger partial charge in [0, 0.05) is 0 Å². The largest absolute Gasteiger partial charge is 0.490 e. The van der Waals surface area contributed by atoms with Crippen molar-refractivity contribution in [1.82, 2.24) is 0 Å². The minimum atomic E-state index is -0.804. The van der Waals surface area contributed by atoms with E-state index in [9.17, 15) is 8.78 Å². The number of hydrogen-bond acceptors (Lipinski definition) is 2. The highest BCUT2D eigenvalue weighted by atomic mass is 19.2. The van der Waals surface area contributed by atoms with Crippen LogP contribution in [0.2, 0.25) is 0 Å². The van der Waals surface area contributed by atoms with Crippen molar-refractivity contribution in [2.45, 2.75) is 135 Å². The number of hydrogen-bond donors (Lipinski definition) is 0. The average molecular weight is 571 g/mol. The van der Waals surface area contributed by atoms with Crippen molar-refractivity contribution in [1.29, 1.82) is 0 Å². The molecule has 1 saturated heterocycles. The van der Waals surface area contributed by atoms with E-state index in [1.807, 2.05) is 6.92 Å². The molecule has 4 heteroatoms. The fourth-order valence-corrected chi connectivity index (χ4v) is 9.14. The quantitative estimate of drug-likeness (QED) is 0.261. The van der Waals surface area contributed by atoms with Crippen LogP contribution in [0, 0.1) is 47.1 Å². The zero-order chi connectivity index (χ0) is 28.6. The number of halogens is 2. The zero-order valence-corrected chi connectivity index (χ0v) is 25.9. The second-order valence-electron chi connectivity index (χ2n) is 14.0. The second-order valence-corrected chi connectivity index (χ2v) is 14.0. The van der Waals surface area contributed by atoms with E-state index in [1.165, 1.54) is 83.5 Å². The molecular formula is C37H56F2O2. The van der Waals surface area contributed by atoms with Crippen molar-refractivity contribution >= 4 is 0 Å². The molecule has 2 nitrogen and oxygen atoms in total. The van der Waals surface area contributed by atoms with E-state index in [0.717, 1.165) is 67.8 Å². The van der Waals surface area contributed by atoms with Gasteiger partial charge in [-0.25, -0.2) is 4.39 Å². The van der Waals surface area contributed by atoms with Crippen molar-refractivity contribution in [2.24, 2.45) is 35.5 Å². The Bertz CT molecular complexity index is 944. The van der Waals surface area contributed by atoms with Gasteiger partial charge >= 0.3 is 0 Å². The summed E-state index contributed by atoms with van der Waals surface area (Å²) in [7, 11) is 0. The summed E-state index contributed by atoms with van der Waals surface area (Å²) in [6.07, 6.45) is 26.3. The number of benzene rings is 1. The summed E-state index contributed by atoms with van der Waals surface area (Å²) in [5.41, 5.74) is 0.563. The van der Waals surface area contributed by atoms with E-state index in [-0.39, 0.29) is 11.7 Å². The molecule has 0 bridgehead atoms. The second kappa shape index (κ2) is 15.3. The van der Waals surface area contributed by atoms with Gasteiger partial charge in [0.25, 0.3) is 0 Å². The lowest BCUT2D eigenvalue weighted by Crippen LogP contribution is -2.34. The van der Waals surface area contributed by atoms with E-state index in [1.54, 1.807) is 12.1 Å². The fourth-order valence-electron chi connectivity index (χ4n) is 9.14. The Hall–Kier alpha value is -1.42. The molecule has 0 N–H and O–H groups in total. The Morgan fingerprint density at radius 2 is 1.27 bits per heavy atom. The van der Waals surface area contributed by atoms with Crippen LogP contribution in [0.3, 0.4) is 0 Å². The van der Waals surface area contributed by atoms with Gasteiger partial charge in [0.05, 0.1) is 19.3 Å². The predicted octanol–water partition coefficient (Wildman–Crippen LogP) is 10.8. The van der Waals surface area contributed by atoms with Gasteiger partial charge in [-0.2, -0.15) is 4.39 Å². The number of ether oxygens (including phenoxy) is 2. The molecule has 5 rings (SSSR count). The van der Waals surface area contributed by atoms with E-state index in [2.05, 4.69) is 19.1 Å². The highest BCUT2D eigenvalue weighted by Gasteiger charge is 2.37. The molecule has 3 saturated carbocycles. The van der Waals surface area contributed by atoms with Crippen LogP contribution in [-0.2, 0) is 4.74 Å². The first kappa shape index (κ1) is 31.0. The molecule has 0 aromatic heterocycles. The van der Waals surface area contributed by atoms with Crippen LogP contribution in [0.4, 0.5) is 8.78 Å². The molecule has 0 amide bonds. The average Bonchev–Trinajstić information content (AvgIpc) is 3.03. The fraction of sp³-hybridized carbons (Fsp3) is 0.784. The zero-order valence-electron chi connectivity index (χ0n) is 25.9. The smallest absolute Gasteiger partial charge is 0.200 e. The summed E-state index contributed by atoms with van der Waals surface area (Å²) in [6.45, 7) is 5.49. The highest BCUT2D eigenvalue weighted by Crippen LogP contribution is 2.48. The lowest BCUT2D eigenvalue weighted by atomic mass is 9.64. The maximum absolute atomic E-state index is 14.9. The van der Waals surface area contributed by atoms with Crippen molar-refractivity contribution < 1.29 is 18.3 Å². The molecule has 3 aliphatic carbocycles. The third-order valence-corrected chi connectivity index (χ3v) is 11.7. The van der Waals surface area contributed by atoms with E-state index < -0.39 is 11.6 Å². The minimum Gasteiger partial charge on any atom is -0.490 e. The van der Waals surface area contributed by atoms with Gasteiger partial charge in [-0.15, -0.1) is 0 Å². The predicted molar refractivity (Wildman–Crippen MR) is 164 cm³/mol. The monoisotopic (exact) mass is 570 g/mol. The van der Waals surface area contributed by atoms with Crippen molar-refractivity contribution in [3.8, 4) is 5.75 Å². The third-order valence-electron chi connectivity index (χ3n) is 11.7. The maximum atomic E-state index is 14.9. The van der Waals surface area contributed by atoms with Crippen LogP contribution in [-0.4, -0.2) is 19.3 Å². The van der Waals surface area contributed by atoms with Crippen LogP contribution in [0.5, 0.6) is 5.75 Å². The SMILES string of the molecule is CC=CCCC1CCC(C2CCC(C3CCC(C4CCC(c5ccc(OCCC)c(F)c5F)CC4)CC3)CC2)CO1. The van der Waals surface area contributed by atoms with Gasteiger partial charge in [0.1, 0.15) is 0 Å². The Morgan fingerprint density at radius 1 is 0.732 bits per heavy atom. The lowest BCUT2D eigenvalue weighted by molar-refractivity contribution is -0.0432. The maximum Gasteiger partial charge on any atom is 0.200 e. The summed E-state index contributed by atoms with van der Waals surface area (Å²) < 4.78 is 41.1. The molecule has 41 heavy (non-hydrogen) atoms. The van der Waals surface area contributed by atoms with Crippen molar-refractivity contribution in [3.63, 3.8) is 0 Å². The van der Waals surface area contributed by atoms with E-state index >= 15 is 0 Å². The van der Waals surface area contributed by atoms with Crippen LogP contribution < -0.4 is 4.74 Å². The molecule has 4 aliphatic rings. The van der Waals surface area contributed by atoms with Gasteiger partial charge in [0.15, 0.2) is 11.6 Å². The van der Waals surface area contributed by atoms with Crippen LogP contribution in [0.25, 0.3) is 0 Å². The lowest BCUT2D eigenvalue weighted by Gasteiger charge is -2.43. The van der Waals surface area contributed by atoms with E-state index in [4.69, 9.17) is 9.47 Å². The van der Waals surface area contributed by atoms with Gasteiger partial charge in [-0.1, -0.05) is 25.1 Å². The van der Waals surface area contributed by atoms with Gasteiger partial charge in [-0.3, -0.25) is 0 Å². The molecule has 2 atom stereocenters. The van der Waals surface area contributed by atoms with Gasteiger partial charge in [0.2, 0.25) is 5.82 Å². The van der Waals surface area contributed by atoms with Crippen LogP contribution >= 0.6 is 0 Å². The molecule has 1 aliphatic heterocycles. The summed E-state index contributed by atoms with van der Waals surface area (Å²) in [5.74, 6) is 3.91. The molecular weight excluding hydrogens is 514 g/mol. The Morgan fingerprint density at radius 3 is 1.78 bits per heavy atom. The first-order valence-electron chi connectivity index (χ1n) is 17.4.